The third-order valence-corrected chi connectivity index (χ3v) is 5.49. The predicted molar refractivity (Wildman–Crippen MR) is 78.1 cm³/mol. The van der Waals surface area contributed by atoms with Crippen molar-refractivity contribution >= 4 is 9.84 Å². The molecule has 0 aromatic rings. The van der Waals surface area contributed by atoms with Crippen molar-refractivity contribution in [2.24, 2.45) is 0 Å². The van der Waals surface area contributed by atoms with Crippen molar-refractivity contribution in [2.75, 3.05) is 44.3 Å². The van der Waals surface area contributed by atoms with E-state index in [0.29, 0.717) is 12.3 Å². The minimum absolute atomic E-state index is 0.110. The lowest BCUT2D eigenvalue weighted by atomic mass is 9.98. The van der Waals surface area contributed by atoms with E-state index in [9.17, 15) is 13.5 Å². The Labute approximate surface area is 117 Å². The normalized spacial score (nSPS) is 23.7. The molecule has 0 aromatic carbocycles. The Bertz CT molecular complexity index is 359. The number of nitrogens with one attached hydrogen (secondary N) is 1. The number of aliphatic hydroxyl groups is 1. The van der Waals surface area contributed by atoms with Crippen molar-refractivity contribution < 1.29 is 13.5 Å². The van der Waals surface area contributed by atoms with Gasteiger partial charge in [-0.1, -0.05) is 6.92 Å². The summed E-state index contributed by atoms with van der Waals surface area (Å²) >= 11 is 0. The van der Waals surface area contributed by atoms with Gasteiger partial charge in [-0.3, -0.25) is 0 Å². The van der Waals surface area contributed by atoms with E-state index in [1.165, 1.54) is 0 Å². The molecule has 19 heavy (non-hydrogen) atoms. The molecular weight excluding hydrogens is 264 g/mol. The van der Waals surface area contributed by atoms with Crippen LogP contribution in [0.4, 0.5) is 0 Å². The molecule has 1 aliphatic heterocycles. The molecule has 1 aliphatic rings. The topological polar surface area (TPSA) is 69.6 Å². The van der Waals surface area contributed by atoms with Crippen LogP contribution in [-0.2, 0) is 9.84 Å². The minimum atomic E-state index is -2.83. The quantitative estimate of drug-likeness (QED) is 0.704. The van der Waals surface area contributed by atoms with E-state index in [-0.39, 0.29) is 17.9 Å². The highest BCUT2D eigenvalue weighted by Gasteiger charge is 2.25. The Kier molecular flexibility index (Phi) is 6.73. The first kappa shape index (κ1) is 16.9. The van der Waals surface area contributed by atoms with E-state index >= 15 is 0 Å². The number of sulfone groups is 1. The van der Waals surface area contributed by atoms with Gasteiger partial charge in [0, 0.05) is 12.1 Å². The highest BCUT2D eigenvalue weighted by molar-refractivity contribution is 7.91. The van der Waals surface area contributed by atoms with Crippen molar-refractivity contribution in [3.8, 4) is 0 Å². The maximum Gasteiger partial charge on any atom is 0.151 e. The molecule has 1 heterocycles. The standard InChI is InChI=1S/C13H28N2O3S/c1-3-6-14-13(2,12-16)5-8-15-7-4-10-19(17,18)11-9-15/h14,16H,3-12H2,1-2H3. The van der Waals surface area contributed by atoms with E-state index in [1.54, 1.807) is 0 Å². The van der Waals surface area contributed by atoms with Gasteiger partial charge in [0.05, 0.1) is 18.1 Å². The summed E-state index contributed by atoms with van der Waals surface area (Å²) in [6.45, 7) is 7.43. The summed E-state index contributed by atoms with van der Waals surface area (Å²) in [7, 11) is -2.83. The van der Waals surface area contributed by atoms with E-state index in [1.807, 2.05) is 6.92 Å². The molecule has 0 aromatic heterocycles. The van der Waals surface area contributed by atoms with Crippen LogP contribution in [0, 0.1) is 0 Å². The Balaban J connectivity index is 2.42. The van der Waals surface area contributed by atoms with Crippen molar-refractivity contribution in [1.82, 2.24) is 10.2 Å². The summed E-state index contributed by atoms with van der Waals surface area (Å²) < 4.78 is 23.1. The van der Waals surface area contributed by atoms with Gasteiger partial charge in [-0.25, -0.2) is 8.42 Å². The summed E-state index contributed by atoms with van der Waals surface area (Å²) in [4.78, 5) is 2.20. The van der Waals surface area contributed by atoms with Crippen LogP contribution in [0.3, 0.4) is 0 Å². The van der Waals surface area contributed by atoms with Gasteiger partial charge in [0.2, 0.25) is 0 Å². The van der Waals surface area contributed by atoms with Crippen molar-refractivity contribution in [3.05, 3.63) is 0 Å². The fourth-order valence-electron chi connectivity index (χ4n) is 2.27. The van der Waals surface area contributed by atoms with Gasteiger partial charge in [-0.15, -0.1) is 0 Å². The summed E-state index contributed by atoms with van der Waals surface area (Å²) in [5.74, 6) is 0.583. The molecule has 0 bridgehead atoms. The molecule has 0 radical (unpaired) electrons. The van der Waals surface area contributed by atoms with Gasteiger partial charge in [0.15, 0.2) is 9.84 Å². The van der Waals surface area contributed by atoms with Crippen molar-refractivity contribution in [3.63, 3.8) is 0 Å². The Morgan fingerprint density at radius 3 is 2.68 bits per heavy atom. The number of hydrogen-bond donors (Lipinski definition) is 2. The molecule has 0 saturated carbocycles. The van der Waals surface area contributed by atoms with Gasteiger partial charge in [0.1, 0.15) is 0 Å². The van der Waals surface area contributed by atoms with E-state index < -0.39 is 9.84 Å². The number of nitrogens with zero attached hydrogens (tertiary/aromatic N) is 1. The first-order valence-electron chi connectivity index (χ1n) is 7.19. The van der Waals surface area contributed by atoms with E-state index in [2.05, 4.69) is 17.1 Å². The molecule has 2 N–H and O–H groups in total. The highest BCUT2D eigenvalue weighted by atomic mass is 32.2. The minimum Gasteiger partial charge on any atom is -0.394 e. The average molecular weight is 292 g/mol. The summed E-state index contributed by atoms with van der Waals surface area (Å²) in [5.41, 5.74) is -0.263. The fourth-order valence-corrected chi connectivity index (χ4v) is 3.58. The van der Waals surface area contributed by atoms with Crippen LogP contribution >= 0.6 is 0 Å². The van der Waals surface area contributed by atoms with Gasteiger partial charge >= 0.3 is 0 Å². The molecule has 1 atom stereocenters. The monoisotopic (exact) mass is 292 g/mol. The first-order valence-corrected chi connectivity index (χ1v) is 9.01. The van der Waals surface area contributed by atoms with Gasteiger partial charge in [-0.2, -0.15) is 0 Å². The van der Waals surface area contributed by atoms with E-state index in [4.69, 9.17) is 0 Å². The first-order chi connectivity index (χ1) is 8.91. The fraction of sp³-hybridized carbons (Fsp3) is 1.00. The summed E-state index contributed by atoms with van der Waals surface area (Å²) in [6, 6.07) is 0. The number of aliphatic hydroxyl groups excluding tert-OH is 1. The van der Waals surface area contributed by atoms with Gasteiger partial charge in [0.25, 0.3) is 0 Å². The van der Waals surface area contributed by atoms with Crippen LogP contribution in [-0.4, -0.2) is 68.3 Å². The van der Waals surface area contributed by atoms with Crippen molar-refractivity contribution in [2.45, 2.75) is 38.6 Å². The summed E-state index contributed by atoms with van der Waals surface area (Å²) in [5, 5.41) is 12.9. The lowest BCUT2D eigenvalue weighted by Gasteiger charge is -2.31. The second kappa shape index (κ2) is 7.57. The Morgan fingerprint density at radius 1 is 1.32 bits per heavy atom. The molecule has 1 rings (SSSR count). The molecular formula is C13H28N2O3S. The molecule has 1 saturated heterocycles. The molecule has 6 heteroatoms. The molecule has 0 spiro atoms. The molecule has 5 nitrogen and oxygen atoms in total. The molecule has 1 fully saturated rings. The maximum atomic E-state index is 11.5. The van der Waals surface area contributed by atoms with Gasteiger partial charge in [-0.05, 0) is 45.8 Å². The third kappa shape index (κ3) is 6.21. The molecule has 0 amide bonds. The Hall–Kier alpha value is -0.170. The zero-order valence-corrected chi connectivity index (χ0v) is 13.0. The largest absolute Gasteiger partial charge is 0.394 e. The third-order valence-electron chi connectivity index (χ3n) is 3.78. The van der Waals surface area contributed by atoms with Crippen LogP contribution in [0.15, 0.2) is 0 Å². The molecule has 114 valence electrons. The average Bonchev–Trinajstić information content (AvgIpc) is 2.55. The van der Waals surface area contributed by atoms with Crippen LogP contribution in [0.1, 0.15) is 33.1 Å². The molecule has 1 unspecified atom stereocenters. The molecule has 0 aliphatic carbocycles. The van der Waals surface area contributed by atoms with Gasteiger partial charge < -0.3 is 15.3 Å². The predicted octanol–water partition coefficient (Wildman–Crippen LogP) is 0.248. The van der Waals surface area contributed by atoms with Crippen LogP contribution in [0.2, 0.25) is 0 Å². The van der Waals surface area contributed by atoms with Crippen LogP contribution in [0.5, 0.6) is 0 Å². The second-order valence-corrected chi connectivity index (χ2v) is 8.05. The SMILES string of the molecule is CCCNC(C)(CO)CCN1CCCS(=O)(=O)CC1. The number of hydrogen-bond acceptors (Lipinski definition) is 5. The van der Waals surface area contributed by atoms with Crippen molar-refractivity contribution in [1.29, 1.82) is 0 Å². The maximum absolute atomic E-state index is 11.5. The van der Waals surface area contributed by atoms with E-state index in [0.717, 1.165) is 38.9 Å². The van der Waals surface area contributed by atoms with Crippen LogP contribution in [0.25, 0.3) is 0 Å². The zero-order valence-electron chi connectivity index (χ0n) is 12.2. The smallest absolute Gasteiger partial charge is 0.151 e. The van der Waals surface area contributed by atoms with Crippen LogP contribution < -0.4 is 5.32 Å². The second-order valence-electron chi connectivity index (χ2n) is 5.74. The highest BCUT2D eigenvalue weighted by Crippen LogP contribution is 2.12. The summed E-state index contributed by atoms with van der Waals surface area (Å²) in [6.07, 6.45) is 2.60. The number of rotatable bonds is 7. The lowest BCUT2D eigenvalue weighted by Crippen LogP contribution is -2.48. The zero-order chi connectivity index (χ0) is 14.4. The lowest BCUT2D eigenvalue weighted by molar-refractivity contribution is 0.147. The Morgan fingerprint density at radius 2 is 2.05 bits per heavy atom.